The third-order valence-electron chi connectivity index (χ3n) is 5.57. The summed E-state index contributed by atoms with van der Waals surface area (Å²) in [6.07, 6.45) is 0. The minimum Gasteiger partial charge on any atom is -0.309 e. The predicted molar refractivity (Wildman–Crippen MR) is 120 cm³/mol. The van der Waals surface area contributed by atoms with Gasteiger partial charge in [0.25, 0.3) is 0 Å². The Morgan fingerprint density at radius 2 is 1.14 bits per heavy atom. The van der Waals surface area contributed by atoms with Crippen LogP contribution in [-0.4, -0.2) is 4.57 Å². The van der Waals surface area contributed by atoms with Crippen molar-refractivity contribution in [2.45, 2.75) is 19.8 Å². The number of nitrogens with zero attached hydrogens (tertiary/aromatic N) is 1. The fraction of sp³-hybridized carbons (Fsp3) is 0.111. The number of hydrogen-bond donors (Lipinski definition) is 0. The van der Waals surface area contributed by atoms with Crippen LogP contribution in [0.2, 0.25) is 0 Å². The standard InChI is InChI=1S/C27H23N/c1-19(2)20-9-7-10-21(17-20)22-11-8-12-23(18-22)28-26-15-5-3-13-24(26)25-14-4-6-16-27(25)28/h3-19H,1-2H3. The third kappa shape index (κ3) is 2.71. The highest BCUT2D eigenvalue weighted by atomic mass is 15.0. The lowest BCUT2D eigenvalue weighted by molar-refractivity contribution is 0.867. The molecule has 0 radical (unpaired) electrons. The van der Waals surface area contributed by atoms with E-state index in [9.17, 15) is 0 Å². The Kier molecular flexibility index (Phi) is 4.02. The van der Waals surface area contributed by atoms with Crippen molar-refractivity contribution in [3.8, 4) is 16.8 Å². The molecule has 4 aromatic carbocycles. The van der Waals surface area contributed by atoms with Gasteiger partial charge in [-0.2, -0.15) is 0 Å². The van der Waals surface area contributed by atoms with Crippen LogP contribution in [0.1, 0.15) is 25.3 Å². The topological polar surface area (TPSA) is 4.93 Å². The fourth-order valence-corrected chi connectivity index (χ4v) is 4.10. The van der Waals surface area contributed by atoms with Gasteiger partial charge >= 0.3 is 0 Å². The van der Waals surface area contributed by atoms with Gasteiger partial charge in [0, 0.05) is 16.5 Å². The second-order valence-electron chi connectivity index (χ2n) is 7.70. The molecule has 0 saturated carbocycles. The average Bonchev–Trinajstić information content (AvgIpc) is 3.08. The molecule has 0 N–H and O–H groups in total. The molecule has 0 unspecified atom stereocenters. The first kappa shape index (κ1) is 16.8. The number of fused-ring (bicyclic) bond motifs is 3. The normalized spacial score (nSPS) is 11.5. The average molecular weight is 361 g/mol. The molecule has 1 heterocycles. The second kappa shape index (κ2) is 6.69. The molecule has 0 spiro atoms. The van der Waals surface area contributed by atoms with E-state index in [0.717, 1.165) is 0 Å². The van der Waals surface area contributed by atoms with Gasteiger partial charge in [-0.15, -0.1) is 0 Å². The maximum atomic E-state index is 2.38. The zero-order valence-corrected chi connectivity index (χ0v) is 16.3. The van der Waals surface area contributed by atoms with Crippen molar-refractivity contribution in [2.24, 2.45) is 0 Å². The lowest BCUT2D eigenvalue weighted by Gasteiger charge is -2.12. The van der Waals surface area contributed by atoms with Crippen molar-refractivity contribution >= 4 is 21.8 Å². The predicted octanol–water partition coefficient (Wildman–Crippen LogP) is 7.57. The Balaban J connectivity index is 1.73. The molecule has 0 amide bonds. The van der Waals surface area contributed by atoms with E-state index in [1.165, 1.54) is 44.2 Å². The minimum absolute atomic E-state index is 0.528. The lowest BCUT2D eigenvalue weighted by Crippen LogP contribution is -1.94. The molecule has 136 valence electrons. The van der Waals surface area contributed by atoms with E-state index in [2.05, 4.69) is 115 Å². The molecule has 1 heteroatoms. The van der Waals surface area contributed by atoms with Crippen LogP contribution < -0.4 is 0 Å². The quantitative estimate of drug-likeness (QED) is 0.312. The Bertz CT molecular complexity index is 1240. The number of benzene rings is 4. The van der Waals surface area contributed by atoms with Gasteiger partial charge in [0.15, 0.2) is 0 Å². The Labute approximate surface area is 165 Å². The van der Waals surface area contributed by atoms with E-state index in [1.54, 1.807) is 0 Å². The SMILES string of the molecule is CC(C)c1cccc(-c2cccc(-n3c4ccccc4c4ccccc43)c2)c1. The molecule has 1 nitrogen and oxygen atoms in total. The van der Waals surface area contributed by atoms with Crippen molar-refractivity contribution in [3.63, 3.8) is 0 Å². The number of para-hydroxylation sites is 2. The maximum Gasteiger partial charge on any atom is 0.0541 e. The van der Waals surface area contributed by atoms with Gasteiger partial charge in [0.05, 0.1) is 11.0 Å². The van der Waals surface area contributed by atoms with E-state index in [-0.39, 0.29) is 0 Å². The summed E-state index contributed by atoms with van der Waals surface area (Å²) in [6.45, 7) is 4.49. The van der Waals surface area contributed by atoms with Gasteiger partial charge in [-0.1, -0.05) is 86.6 Å². The van der Waals surface area contributed by atoms with Gasteiger partial charge in [-0.25, -0.2) is 0 Å². The largest absolute Gasteiger partial charge is 0.309 e. The first-order valence-electron chi connectivity index (χ1n) is 9.91. The van der Waals surface area contributed by atoms with Gasteiger partial charge < -0.3 is 4.57 Å². The molecule has 0 aliphatic heterocycles. The Morgan fingerprint density at radius 3 is 1.79 bits per heavy atom. The van der Waals surface area contributed by atoms with Crippen molar-refractivity contribution in [1.29, 1.82) is 0 Å². The smallest absolute Gasteiger partial charge is 0.0541 e. The summed E-state index contributed by atoms with van der Waals surface area (Å²) in [5.74, 6) is 0.528. The van der Waals surface area contributed by atoms with Crippen LogP contribution in [0.25, 0.3) is 38.6 Å². The summed E-state index contributed by atoms with van der Waals surface area (Å²) in [5.41, 5.74) is 7.59. The molecule has 0 atom stereocenters. The maximum absolute atomic E-state index is 2.38. The van der Waals surface area contributed by atoms with E-state index in [4.69, 9.17) is 0 Å². The van der Waals surface area contributed by atoms with Crippen molar-refractivity contribution in [3.05, 3.63) is 103 Å². The number of aromatic nitrogens is 1. The molecule has 0 saturated heterocycles. The van der Waals surface area contributed by atoms with Crippen molar-refractivity contribution < 1.29 is 0 Å². The molecule has 0 aliphatic carbocycles. The molecule has 1 aromatic heterocycles. The molecule has 0 bridgehead atoms. The summed E-state index contributed by atoms with van der Waals surface area (Å²) >= 11 is 0. The molecule has 5 rings (SSSR count). The van der Waals surface area contributed by atoms with Crippen LogP contribution in [0.4, 0.5) is 0 Å². The van der Waals surface area contributed by atoms with Crippen LogP contribution in [0.15, 0.2) is 97.1 Å². The van der Waals surface area contributed by atoms with Crippen LogP contribution >= 0.6 is 0 Å². The molecule has 0 aliphatic rings. The molecule has 28 heavy (non-hydrogen) atoms. The van der Waals surface area contributed by atoms with E-state index in [1.807, 2.05) is 0 Å². The van der Waals surface area contributed by atoms with Crippen LogP contribution in [0.5, 0.6) is 0 Å². The summed E-state index contributed by atoms with van der Waals surface area (Å²) in [4.78, 5) is 0. The summed E-state index contributed by atoms with van der Waals surface area (Å²) in [6, 6.07) is 35.1. The first-order valence-corrected chi connectivity index (χ1v) is 9.91. The van der Waals surface area contributed by atoms with Crippen molar-refractivity contribution in [1.82, 2.24) is 4.57 Å². The van der Waals surface area contributed by atoms with Crippen LogP contribution in [0.3, 0.4) is 0 Å². The Hall–Kier alpha value is -3.32. The summed E-state index contributed by atoms with van der Waals surface area (Å²) in [7, 11) is 0. The lowest BCUT2D eigenvalue weighted by atomic mass is 9.97. The molecular weight excluding hydrogens is 338 g/mol. The zero-order valence-electron chi connectivity index (χ0n) is 16.3. The van der Waals surface area contributed by atoms with Gasteiger partial charge in [-0.3, -0.25) is 0 Å². The van der Waals surface area contributed by atoms with Crippen LogP contribution in [-0.2, 0) is 0 Å². The summed E-state index contributed by atoms with van der Waals surface area (Å²) in [5, 5.41) is 2.59. The summed E-state index contributed by atoms with van der Waals surface area (Å²) < 4.78 is 2.38. The molecular formula is C27H23N. The number of hydrogen-bond acceptors (Lipinski definition) is 0. The third-order valence-corrected chi connectivity index (χ3v) is 5.57. The van der Waals surface area contributed by atoms with Crippen molar-refractivity contribution in [2.75, 3.05) is 0 Å². The first-order chi connectivity index (χ1) is 13.7. The van der Waals surface area contributed by atoms with Crippen LogP contribution in [0, 0.1) is 0 Å². The van der Waals surface area contributed by atoms with Gasteiger partial charge in [0.2, 0.25) is 0 Å². The van der Waals surface area contributed by atoms with E-state index in [0.29, 0.717) is 5.92 Å². The second-order valence-corrected chi connectivity index (χ2v) is 7.70. The molecule has 0 fully saturated rings. The minimum atomic E-state index is 0.528. The Morgan fingerprint density at radius 1 is 0.571 bits per heavy atom. The molecule has 5 aromatic rings. The highest BCUT2D eigenvalue weighted by Gasteiger charge is 2.12. The highest BCUT2D eigenvalue weighted by Crippen LogP contribution is 2.33. The zero-order chi connectivity index (χ0) is 19.1. The van der Waals surface area contributed by atoms with E-state index >= 15 is 0 Å². The monoisotopic (exact) mass is 361 g/mol. The van der Waals surface area contributed by atoms with E-state index < -0.39 is 0 Å². The van der Waals surface area contributed by atoms with Gasteiger partial charge in [-0.05, 0) is 46.9 Å². The fourth-order valence-electron chi connectivity index (χ4n) is 4.10. The highest BCUT2D eigenvalue weighted by molar-refractivity contribution is 6.09. The number of rotatable bonds is 3. The van der Waals surface area contributed by atoms with Gasteiger partial charge in [0.1, 0.15) is 0 Å².